The fourth-order valence-corrected chi connectivity index (χ4v) is 2.54. The van der Waals surface area contributed by atoms with Crippen LogP contribution in [0.3, 0.4) is 0 Å². The van der Waals surface area contributed by atoms with Crippen molar-refractivity contribution in [1.82, 2.24) is 4.98 Å². The zero-order valence-electron chi connectivity index (χ0n) is 13.0. The molecular weight excluding hydrogens is 292 g/mol. The number of fused-ring (bicyclic) bond motifs is 1. The number of anilines is 2. The summed E-state index contributed by atoms with van der Waals surface area (Å²) in [5.74, 6) is 1.14. The molecule has 2 unspecified atom stereocenters. The minimum absolute atomic E-state index is 0.135. The van der Waals surface area contributed by atoms with Gasteiger partial charge in [0.25, 0.3) is 5.91 Å². The second-order valence-corrected chi connectivity index (χ2v) is 5.58. The molecule has 0 spiro atoms. The predicted octanol–water partition coefficient (Wildman–Crippen LogP) is 1.87. The molecule has 0 saturated heterocycles. The van der Waals surface area contributed by atoms with Gasteiger partial charge in [0.1, 0.15) is 5.82 Å². The molecule has 2 aromatic rings. The van der Waals surface area contributed by atoms with Gasteiger partial charge in [0.2, 0.25) is 6.10 Å². The molecule has 2 heterocycles. The topological polar surface area (TPSA) is 94.5 Å². The summed E-state index contributed by atoms with van der Waals surface area (Å²) in [6.45, 7) is 2.36. The average molecular weight is 312 g/mol. The van der Waals surface area contributed by atoms with E-state index in [2.05, 4.69) is 4.98 Å². The molecule has 0 fully saturated rings. The van der Waals surface area contributed by atoms with Gasteiger partial charge in [0.15, 0.2) is 11.6 Å². The first-order chi connectivity index (χ1) is 11.1. The summed E-state index contributed by atoms with van der Waals surface area (Å²) in [5.41, 5.74) is 12.6. The van der Waals surface area contributed by atoms with Crippen molar-refractivity contribution in [2.75, 3.05) is 17.2 Å². The Bertz CT molecular complexity index is 705. The average Bonchev–Trinajstić information content (AvgIpc) is 2.58. The molecule has 6 heteroatoms. The number of pyridine rings is 1. The Morgan fingerprint density at radius 3 is 2.70 bits per heavy atom. The van der Waals surface area contributed by atoms with Gasteiger partial charge in [-0.1, -0.05) is 37.3 Å². The number of aromatic nitrogens is 1. The summed E-state index contributed by atoms with van der Waals surface area (Å²) in [6.07, 6.45) is 0.0661. The zero-order chi connectivity index (χ0) is 16.4. The molecular formula is C17H20N4O2. The first-order valence-electron chi connectivity index (χ1n) is 7.65. The zero-order valence-corrected chi connectivity index (χ0v) is 13.0. The predicted molar refractivity (Wildman–Crippen MR) is 89.1 cm³/mol. The van der Waals surface area contributed by atoms with Gasteiger partial charge in [-0.3, -0.25) is 9.69 Å². The van der Waals surface area contributed by atoms with Gasteiger partial charge in [-0.15, -0.1) is 0 Å². The van der Waals surface area contributed by atoms with Gasteiger partial charge < -0.3 is 16.2 Å². The first kappa shape index (κ1) is 15.3. The van der Waals surface area contributed by atoms with Crippen LogP contribution in [0, 0.1) is 0 Å². The Kier molecular flexibility index (Phi) is 4.16. The van der Waals surface area contributed by atoms with Crippen molar-refractivity contribution in [1.29, 1.82) is 0 Å². The van der Waals surface area contributed by atoms with E-state index in [0.717, 1.165) is 12.0 Å². The molecule has 3 rings (SSSR count). The third kappa shape index (κ3) is 2.98. The molecule has 1 aromatic carbocycles. The lowest BCUT2D eigenvalue weighted by molar-refractivity contribution is -0.126. The minimum atomic E-state index is -0.696. The Balaban J connectivity index is 2.02. The van der Waals surface area contributed by atoms with Crippen molar-refractivity contribution < 1.29 is 9.53 Å². The van der Waals surface area contributed by atoms with E-state index in [1.807, 2.05) is 37.3 Å². The van der Waals surface area contributed by atoms with Crippen molar-refractivity contribution >= 4 is 17.5 Å². The van der Waals surface area contributed by atoms with Crippen LogP contribution in [-0.2, 0) is 4.79 Å². The number of carbonyl (C=O) groups excluding carboxylic acids is 1. The molecule has 1 amide bonds. The molecule has 1 aliphatic rings. The summed E-state index contributed by atoms with van der Waals surface area (Å²) in [5, 5.41) is 0. The lowest BCUT2D eigenvalue weighted by Gasteiger charge is -2.34. The highest BCUT2D eigenvalue weighted by Crippen LogP contribution is 2.38. The normalized spacial score (nSPS) is 18.3. The number of benzene rings is 1. The van der Waals surface area contributed by atoms with Crippen LogP contribution in [0.4, 0.5) is 11.6 Å². The number of rotatable bonds is 4. The first-order valence-corrected chi connectivity index (χ1v) is 7.65. The number of nitrogens with zero attached hydrogens (tertiary/aromatic N) is 2. The fourth-order valence-electron chi connectivity index (χ4n) is 2.54. The number of hydrogen-bond donors (Lipinski definition) is 2. The van der Waals surface area contributed by atoms with E-state index in [1.54, 1.807) is 17.0 Å². The molecule has 2 atom stereocenters. The number of carbonyl (C=O) groups is 1. The lowest BCUT2D eigenvalue weighted by atomic mass is 10.1. The highest BCUT2D eigenvalue weighted by Gasteiger charge is 2.37. The largest absolute Gasteiger partial charge is 0.472 e. The van der Waals surface area contributed by atoms with Gasteiger partial charge in [-0.05, 0) is 18.6 Å². The molecule has 6 nitrogen and oxygen atoms in total. The molecule has 120 valence electrons. The summed E-state index contributed by atoms with van der Waals surface area (Å²) in [4.78, 5) is 18.8. The van der Waals surface area contributed by atoms with Crippen LogP contribution in [0.2, 0.25) is 0 Å². The molecule has 1 aliphatic heterocycles. The van der Waals surface area contributed by atoms with Crippen molar-refractivity contribution in [3.8, 4) is 5.75 Å². The Hall–Kier alpha value is -2.60. The quantitative estimate of drug-likeness (QED) is 0.898. The third-order valence-electron chi connectivity index (χ3n) is 3.90. The van der Waals surface area contributed by atoms with Gasteiger partial charge in [-0.2, -0.15) is 0 Å². The second kappa shape index (κ2) is 6.26. The second-order valence-electron chi connectivity index (χ2n) is 5.58. The molecule has 0 aliphatic carbocycles. The van der Waals surface area contributed by atoms with E-state index in [9.17, 15) is 4.79 Å². The number of nitrogens with two attached hydrogens (primary N) is 2. The van der Waals surface area contributed by atoms with Crippen LogP contribution in [0.25, 0.3) is 0 Å². The molecule has 23 heavy (non-hydrogen) atoms. The van der Waals surface area contributed by atoms with Crippen molar-refractivity contribution in [3.05, 3.63) is 48.0 Å². The number of ether oxygens (including phenoxy) is 1. The fraction of sp³-hybridized carbons (Fsp3) is 0.294. The lowest BCUT2D eigenvalue weighted by Crippen LogP contribution is -2.47. The van der Waals surface area contributed by atoms with E-state index in [4.69, 9.17) is 16.2 Å². The summed E-state index contributed by atoms with van der Waals surface area (Å²) >= 11 is 0. The Morgan fingerprint density at radius 1 is 1.26 bits per heavy atom. The number of hydrogen-bond acceptors (Lipinski definition) is 5. The molecule has 0 bridgehead atoms. The standard InChI is InChI=1S/C17H20N4O2/c1-2-12(18)10-21-16-13(8-9-14(19)20-16)23-15(17(21)22)11-6-4-3-5-7-11/h3-9,12,15H,2,10,18H2,1H3,(H2,19,20). The maximum absolute atomic E-state index is 12.9. The number of nitrogen functional groups attached to an aromatic ring is 1. The van der Waals surface area contributed by atoms with Gasteiger partial charge >= 0.3 is 0 Å². The van der Waals surface area contributed by atoms with Crippen molar-refractivity contribution in [2.24, 2.45) is 5.73 Å². The van der Waals surface area contributed by atoms with E-state index in [-0.39, 0.29) is 11.9 Å². The van der Waals surface area contributed by atoms with Crippen molar-refractivity contribution in [3.63, 3.8) is 0 Å². The SMILES string of the molecule is CCC(N)CN1C(=O)C(c2ccccc2)Oc2ccc(N)nc21. The van der Waals surface area contributed by atoms with Crippen LogP contribution >= 0.6 is 0 Å². The van der Waals surface area contributed by atoms with E-state index in [0.29, 0.717) is 23.9 Å². The monoisotopic (exact) mass is 312 g/mol. The van der Waals surface area contributed by atoms with Crippen LogP contribution in [0.1, 0.15) is 25.0 Å². The van der Waals surface area contributed by atoms with E-state index >= 15 is 0 Å². The number of amides is 1. The van der Waals surface area contributed by atoms with Gasteiger partial charge in [-0.25, -0.2) is 4.98 Å². The van der Waals surface area contributed by atoms with Crippen molar-refractivity contribution in [2.45, 2.75) is 25.5 Å². The van der Waals surface area contributed by atoms with E-state index in [1.165, 1.54) is 0 Å². The minimum Gasteiger partial charge on any atom is -0.472 e. The third-order valence-corrected chi connectivity index (χ3v) is 3.90. The molecule has 0 radical (unpaired) electrons. The smallest absolute Gasteiger partial charge is 0.274 e. The van der Waals surface area contributed by atoms with Crippen LogP contribution in [0.15, 0.2) is 42.5 Å². The molecule has 4 N–H and O–H groups in total. The Labute approximate surface area is 135 Å². The van der Waals surface area contributed by atoms with Crippen LogP contribution < -0.4 is 21.1 Å². The molecule has 1 aromatic heterocycles. The highest BCUT2D eigenvalue weighted by molar-refractivity contribution is 5.99. The highest BCUT2D eigenvalue weighted by atomic mass is 16.5. The maximum atomic E-state index is 12.9. The summed E-state index contributed by atoms with van der Waals surface area (Å²) < 4.78 is 5.88. The Morgan fingerprint density at radius 2 is 2.00 bits per heavy atom. The summed E-state index contributed by atoms with van der Waals surface area (Å²) in [7, 11) is 0. The summed E-state index contributed by atoms with van der Waals surface area (Å²) in [6, 6.07) is 12.7. The van der Waals surface area contributed by atoms with Gasteiger partial charge in [0.05, 0.1) is 0 Å². The molecule has 0 saturated carbocycles. The van der Waals surface area contributed by atoms with Crippen LogP contribution in [0.5, 0.6) is 5.75 Å². The van der Waals surface area contributed by atoms with Gasteiger partial charge in [0, 0.05) is 18.2 Å². The maximum Gasteiger partial charge on any atom is 0.274 e. The van der Waals surface area contributed by atoms with Crippen LogP contribution in [-0.4, -0.2) is 23.5 Å². The van der Waals surface area contributed by atoms with E-state index < -0.39 is 6.10 Å².